The summed E-state index contributed by atoms with van der Waals surface area (Å²) in [7, 11) is 3.11. The molecule has 2 aliphatic rings. The van der Waals surface area contributed by atoms with E-state index in [-0.39, 0.29) is 17.5 Å². The largest absolute Gasteiger partial charge is 0.497 e. The average molecular weight is 436 g/mol. The van der Waals surface area contributed by atoms with Gasteiger partial charge in [-0.1, -0.05) is 6.07 Å². The van der Waals surface area contributed by atoms with Crippen LogP contribution in [0, 0.1) is 5.82 Å². The number of halogens is 1. The Bertz CT molecular complexity index is 1140. The van der Waals surface area contributed by atoms with E-state index in [4.69, 9.17) is 9.47 Å². The second-order valence-corrected chi connectivity index (χ2v) is 7.83. The molecule has 2 N–H and O–H groups in total. The molecule has 1 heterocycles. The number of methoxy groups -OCH3 is 2. The number of allylic oxidation sites excluding steroid dienone is 3. The number of nitrogens with one attached hydrogen (secondary N) is 2. The van der Waals surface area contributed by atoms with E-state index in [1.807, 2.05) is 13.0 Å². The van der Waals surface area contributed by atoms with Gasteiger partial charge in [0.2, 0.25) is 0 Å². The van der Waals surface area contributed by atoms with E-state index in [0.29, 0.717) is 46.0 Å². The van der Waals surface area contributed by atoms with E-state index in [2.05, 4.69) is 10.6 Å². The van der Waals surface area contributed by atoms with Crippen LogP contribution in [0.1, 0.15) is 37.7 Å². The van der Waals surface area contributed by atoms with E-state index < -0.39 is 5.92 Å². The number of Topliss-reactive ketones (excluding diaryl/α,β-unsaturated/α-hetero) is 1. The van der Waals surface area contributed by atoms with Gasteiger partial charge in [0.1, 0.15) is 17.3 Å². The number of anilines is 1. The molecule has 0 saturated heterocycles. The Labute approximate surface area is 186 Å². The van der Waals surface area contributed by atoms with E-state index in [0.717, 1.165) is 18.5 Å². The van der Waals surface area contributed by atoms with Crippen LogP contribution < -0.4 is 20.1 Å². The summed E-state index contributed by atoms with van der Waals surface area (Å²) in [6.07, 6.45) is 1.93. The van der Waals surface area contributed by atoms with Gasteiger partial charge < -0.3 is 20.1 Å². The number of ether oxygens (including phenoxy) is 2. The summed E-state index contributed by atoms with van der Waals surface area (Å²) in [5.41, 5.74) is 3.70. The number of ketones is 1. The molecule has 1 amide bonds. The van der Waals surface area contributed by atoms with Crippen LogP contribution in [0.5, 0.6) is 11.5 Å². The van der Waals surface area contributed by atoms with Crippen LogP contribution in [0.2, 0.25) is 0 Å². The molecule has 2 aromatic rings. The predicted molar refractivity (Wildman–Crippen MR) is 119 cm³/mol. The molecular weight excluding hydrogens is 411 g/mol. The number of carbonyl (C=O) groups is 2. The first-order valence-corrected chi connectivity index (χ1v) is 10.5. The van der Waals surface area contributed by atoms with Crippen LogP contribution in [-0.2, 0) is 9.59 Å². The van der Waals surface area contributed by atoms with Crippen molar-refractivity contribution in [2.24, 2.45) is 0 Å². The van der Waals surface area contributed by atoms with Gasteiger partial charge in [-0.05, 0) is 50.1 Å². The number of benzene rings is 2. The minimum absolute atomic E-state index is 0.0150. The van der Waals surface area contributed by atoms with Crippen molar-refractivity contribution in [3.63, 3.8) is 0 Å². The van der Waals surface area contributed by atoms with Crippen LogP contribution in [0.3, 0.4) is 0 Å². The summed E-state index contributed by atoms with van der Waals surface area (Å²) in [5, 5.41) is 6.12. The summed E-state index contributed by atoms with van der Waals surface area (Å²) >= 11 is 0. The molecule has 0 fully saturated rings. The van der Waals surface area contributed by atoms with Gasteiger partial charge in [-0.25, -0.2) is 4.39 Å². The number of carbonyl (C=O) groups excluding carboxylic acids is 2. The van der Waals surface area contributed by atoms with Gasteiger partial charge in [0, 0.05) is 46.3 Å². The Balaban J connectivity index is 1.83. The SMILES string of the molecule is COc1ccc([C@@H]2C(C(=O)Nc3ccc(F)cc3)=C(C)NC3=C2C(=O)CCC3)c(OC)c1. The van der Waals surface area contributed by atoms with Crippen molar-refractivity contribution >= 4 is 17.4 Å². The number of dihydropyridines is 1. The van der Waals surface area contributed by atoms with Crippen LogP contribution in [0.4, 0.5) is 10.1 Å². The number of amides is 1. The standard InChI is InChI=1S/C25H25FN2O4/c1-14-22(25(30)28-16-9-7-15(26)8-10-16)23(24-19(27-14)5-4-6-20(24)29)18-12-11-17(31-2)13-21(18)32-3/h7-13,23,27H,4-6H2,1-3H3,(H,28,30)/t23-/m1/s1. The Morgan fingerprint density at radius 3 is 2.53 bits per heavy atom. The highest BCUT2D eigenvalue weighted by Gasteiger charge is 2.39. The third-order valence-electron chi connectivity index (χ3n) is 5.87. The monoisotopic (exact) mass is 436 g/mol. The molecule has 32 heavy (non-hydrogen) atoms. The first kappa shape index (κ1) is 21.6. The van der Waals surface area contributed by atoms with E-state index in [9.17, 15) is 14.0 Å². The van der Waals surface area contributed by atoms with Gasteiger partial charge in [0.25, 0.3) is 5.91 Å². The van der Waals surface area contributed by atoms with E-state index >= 15 is 0 Å². The van der Waals surface area contributed by atoms with Gasteiger partial charge >= 0.3 is 0 Å². The molecule has 7 heteroatoms. The summed E-state index contributed by atoms with van der Waals surface area (Å²) in [5.74, 6) is -0.194. The zero-order valence-corrected chi connectivity index (χ0v) is 18.3. The number of hydrogen-bond donors (Lipinski definition) is 2. The van der Waals surface area contributed by atoms with Crippen molar-refractivity contribution in [2.45, 2.75) is 32.1 Å². The normalized spacial score (nSPS) is 18.1. The smallest absolute Gasteiger partial charge is 0.254 e. The highest BCUT2D eigenvalue weighted by Crippen LogP contribution is 2.45. The Hall–Kier alpha value is -3.61. The van der Waals surface area contributed by atoms with Gasteiger partial charge in [-0.3, -0.25) is 9.59 Å². The summed E-state index contributed by atoms with van der Waals surface area (Å²) in [6.45, 7) is 1.82. The molecule has 1 aliphatic heterocycles. The first-order valence-electron chi connectivity index (χ1n) is 10.5. The minimum Gasteiger partial charge on any atom is -0.497 e. The lowest BCUT2D eigenvalue weighted by molar-refractivity contribution is -0.116. The topological polar surface area (TPSA) is 76.7 Å². The van der Waals surface area contributed by atoms with Crippen molar-refractivity contribution < 1.29 is 23.5 Å². The van der Waals surface area contributed by atoms with Gasteiger partial charge in [0.15, 0.2) is 5.78 Å². The van der Waals surface area contributed by atoms with Crippen LogP contribution >= 0.6 is 0 Å². The van der Waals surface area contributed by atoms with Gasteiger partial charge in [-0.2, -0.15) is 0 Å². The number of hydrogen-bond acceptors (Lipinski definition) is 5. The summed E-state index contributed by atoms with van der Waals surface area (Å²) in [6, 6.07) is 10.9. The Morgan fingerprint density at radius 1 is 1.09 bits per heavy atom. The summed E-state index contributed by atoms with van der Waals surface area (Å²) < 4.78 is 24.2. The van der Waals surface area contributed by atoms with Crippen LogP contribution in [-0.4, -0.2) is 25.9 Å². The molecule has 6 nitrogen and oxygen atoms in total. The van der Waals surface area contributed by atoms with Crippen LogP contribution in [0.25, 0.3) is 0 Å². The second kappa shape index (κ2) is 8.86. The third-order valence-corrected chi connectivity index (χ3v) is 5.87. The van der Waals surface area contributed by atoms with Crippen molar-refractivity contribution in [2.75, 3.05) is 19.5 Å². The maximum absolute atomic E-state index is 13.4. The molecule has 0 radical (unpaired) electrons. The zero-order valence-electron chi connectivity index (χ0n) is 18.3. The molecule has 4 rings (SSSR count). The van der Waals surface area contributed by atoms with E-state index in [1.54, 1.807) is 26.4 Å². The zero-order chi connectivity index (χ0) is 22.8. The predicted octanol–water partition coefficient (Wildman–Crippen LogP) is 4.45. The quantitative estimate of drug-likeness (QED) is 0.724. The Kier molecular flexibility index (Phi) is 5.99. The molecule has 0 bridgehead atoms. The minimum atomic E-state index is -0.597. The van der Waals surface area contributed by atoms with Gasteiger partial charge in [0.05, 0.1) is 20.1 Å². The second-order valence-electron chi connectivity index (χ2n) is 7.83. The fraction of sp³-hybridized carbons (Fsp3) is 0.280. The third kappa shape index (κ3) is 3.98. The molecule has 0 unspecified atom stereocenters. The van der Waals surface area contributed by atoms with Crippen molar-refractivity contribution in [3.05, 3.63) is 76.4 Å². The van der Waals surface area contributed by atoms with Crippen LogP contribution in [0.15, 0.2) is 65.0 Å². The molecule has 1 aliphatic carbocycles. The molecule has 1 atom stereocenters. The molecule has 0 saturated carbocycles. The van der Waals surface area contributed by atoms with Crippen molar-refractivity contribution in [1.82, 2.24) is 5.32 Å². The molecular formula is C25H25FN2O4. The fourth-order valence-corrected chi connectivity index (χ4v) is 4.38. The van der Waals surface area contributed by atoms with Crippen molar-refractivity contribution in [1.29, 1.82) is 0 Å². The lowest BCUT2D eigenvalue weighted by Gasteiger charge is -2.35. The molecule has 0 spiro atoms. The molecule has 166 valence electrons. The lowest BCUT2D eigenvalue weighted by Crippen LogP contribution is -2.35. The summed E-state index contributed by atoms with van der Waals surface area (Å²) in [4.78, 5) is 26.5. The highest BCUT2D eigenvalue weighted by atomic mass is 19.1. The fourth-order valence-electron chi connectivity index (χ4n) is 4.38. The molecule has 0 aromatic heterocycles. The van der Waals surface area contributed by atoms with E-state index in [1.165, 1.54) is 24.3 Å². The highest BCUT2D eigenvalue weighted by molar-refractivity contribution is 6.09. The first-order chi connectivity index (χ1) is 15.4. The maximum atomic E-state index is 13.4. The maximum Gasteiger partial charge on any atom is 0.254 e. The lowest BCUT2D eigenvalue weighted by atomic mass is 9.74. The van der Waals surface area contributed by atoms with Gasteiger partial charge in [-0.15, -0.1) is 0 Å². The molecule has 2 aromatic carbocycles. The van der Waals surface area contributed by atoms with Crippen molar-refractivity contribution in [3.8, 4) is 11.5 Å². The average Bonchev–Trinajstić information content (AvgIpc) is 2.79. The number of rotatable bonds is 5. The Morgan fingerprint density at radius 2 is 1.84 bits per heavy atom.